The molecular weight excluding hydrogens is 254 g/mol. The molecule has 2 rings (SSSR count). The topological polar surface area (TPSA) is 28.2 Å². The monoisotopic (exact) mass is 281 g/mol. The first-order valence-corrected chi connectivity index (χ1v) is 8.08. The lowest BCUT2D eigenvalue weighted by Crippen LogP contribution is -2.37. The molecule has 0 spiro atoms. The van der Waals surface area contributed by atoms with Crippen molar-refractivity contribution in [2.75, 3.05) is 6.54 Å². The second-order valence-corrected chi connectivity index (χ2v) is 8.12. The first kappa shape index (κ1) is 14.9. The fourth-order valence-corrected chi connectivity index (χ4v) is 3.22. The summed E-state index contributed by atoms with van der Waals surface area (Å²) in [6.45, 7) is 14.3. The molecule has 0 amide bonds. The molecule has 2 heterocycles. The molecule has 1 saturated heterocycles. The van der Waals surface area contributed by atoms with Crippen molar-refractivity contribution in [2.24, 2.45) is 0 Å². The van der Waals surface area contributed by atoms with Crippen LogP contribution in [0.1, 0.15) is 58.2 Å². The van der Waals surface area contributed by atoms with Gasteiger partial charge < -0.3 is 5.32 Å². The highest BCUT2D eigenvalue weighted by Crippen LogP contribution is 2.29. The zero-order valence-electron chi connectivity index (χ0n) is 12.9. The van der Waals surface area contributed by atoms with Gasteiger partial charge in [-0.05, 0) is 54.0 Å². The minimum Gasteiger partial charge on any atom is -0.306 e. The van der Waals surface area contributed by atoms with Gasteiger partial charge in [0.25, 0.3) is 0 Å². The van der Waals surface area contributed by atoms with Gasteiger partial charge in [0.2, 0.25) is 0 Å². The summed E-state index contributed by atoms with van der Waals surface area (Å²) in [5.74, 6) is 0. The highest BCUT2D eigenvalue weighted by Gasteiger charge is 2.31. The summed E-state index contributed by atoms with van der Waals surface area (Å²) in [7, 11) is 0. The number of rotatable bonds is 4. The number of nitrogens with one attached hydrogen (secondary N) is 1. The third kappa shape index (κ3) is 4.26. The van der Waals surface area contributed by atoms with E-state index in [1.165, 1.54) is 30.1 Å². The molecule has 1 fully saturated rings. The van der Waals surface area contributed by atoms with Gasteiger partial charge in [-0.2, -0.15) is 0 Å². The molecular formula is C15H27N3S. The van der Waals surface area contributed by atoms with Crippen molar-refractivity contribution in [1.29, 1.82) is 0 Å². The highest BCUT2D eigenvalue weighted by atomic mass is 32.1. The number of hydrogen-bond donors (Lipinski definition) is 1. The van der Waals surface area contributed by atoms with E-state index in [1.807, 2.05) is 0 Å². The Hall–Kier alpha value is -0.450. The smallest absolute Gasteiger partial charge is 0.107 e. The average molecular weight is 281 g/mol. The summed E-state index contributed by atoms with van der Waals surface area (Å²) in [5, 5.41) is 6.91. The molecule has 0 saturated carbocycles. The molecule has 19 heavy (non-hydrogen) atoms. The van der Waals surface area contributed by atoms with Crippen molar-refractivity contribution < 1.29 is 0 Å². The van der Waals surface area contributed by atoms with Crippen molar-refractivity contribution in [3.63, 3.8) is 0 Å². The molecule has 108 valence electrons. The fourth-order valence-electron chi connectivity index (χ4n) is 2.50. The molecule has 1 N–H and O–H groups in total. The molecule has 1 aromatic rings. The van der Waals surface area contributed by atoms with E-state index in [0.717, 1.165) is 13.1 Å². The van der Waals surface area contributed by atoms with E-state index in [2.05, 4.69) is 50.2 Å². The van der Waals surface area contributed by atoms with Gasteiger partial charge in [0.15, 0.2) is 0 Å². The van der Waals surface area contributed by atoms with Gasteiger partial charge in [0.1, 0.15) is 5.01 Å². The van der Waals surface area contributed by atoms with E-state index in [1.54, 1.807) is 11.3 Å². The van der Waals surface area contributed by atoms with Crippen LogP contribution in [0.25, 0.3) is 0 Å². The van der Waals surface area contributed by atoms with Crippen LogP contribution in [-0.2, 0) is 13.1 Å². The van der Waals surface area contributed by atoms with E-state index in [-0.39, 0.29) is 5.54 Å². The standard InChI is InChI=1S/C15H27N3S/c1-14(2,3)16-9-13-17-12(11-19-13)10-18-8-6-7-15(18,4)5/h11,16H,6-10H2,1-5H3. The van der Waals surface area contributed by atoms with Crippen molar-refractivity contribution in [3.05, 3.63) is 16.1 Å². The molecule has 1 aliphatic rings. The van der Waals surface area contributed by atoms with Gasteiger partial charge in [-0.25, -0.2) is 4.98 Å². The number of aromatic nitrogens is 1. The first-order chi connectivity index (χ1) is 8.76. The van der Waals surface area contributed by atoms with Crippen LogP contribution in [0.3, 0.4) is 0 Å². The second-order valence-electron chi connectivity index (χ2n) is 7.17. The molecule has 3 nitrogen and oxygen atoms in total. The van der Waals surface area contributed by atoms with Gasteiger partial charge in [-0.15, -0.1) is 11.3 Å². The van der Waals surface area contributed by atoms with Gasteiger partial charge in [0.05, 0.1) is 5.69 Å². The second kappa shape index (κ2) is 5.51. The van der Waals surface area contributed by atoms with Crippen LogP contribution >= 0.6 is 11.3 Å². The SMILES string of the molecule is CC(C)(C)NCc1nc(CN2CCCC2(C)C)cs1. The molecule has 0 bridgehead atoms. The van der Waals surface area contributed by atoms with Crippen molar-refractivity contribution >= 4 is 11.3 Å². The predicted molar refractivity (Wildman–Crippen MR) is 82.4 cm³/mol. The number of likely N-dealkylation sites (tertiary alicyclic amines) is 1. The van der Waals surface area contributed by atoms with Crippen molar-refractivity contribution in [2.45, 2.75) is 71.6 Å². The quantitative estimate of drug-likeness (QED) is 0.917. The van der Waals surface area contributed by atoms with Crippen LogP contribution in [0.5, 0.6) is 0 Å². The Bertz CT molecular complexity index is 417. The largest absolute Gasteiger partial charge is 0.306 e. The molecule has 0 unspecified atom stereocenters. The van der Waals surface area contributed by atoms with E-state index < -0.39 is 0 Å². The van der Waals surface area contributed by atoms with Gasteiger partial charge in [-0.1, -0.05) is 0 Å². The summed E-state index contributed by atoms with van der Waals surface area (Å²) < 4.78 is 0. The van der Waals surface area contributed by atoms with Crippen LogP contribution in [0.2, 0.25) is 0 Å². The zero-order valence-corrected chi connectivity index (χ0v) is 13.7. The van der Waals surface area contributed by atoms with Gasteiger partial charge in [-0.3, -0.25) is 4.90 Å². The van der Waals surface area contributed by atoms with E-state index in [9.17, 15) is 0 Å². The fraction of sp³-hybridized carbons (Fsp3) is 0.800. The van der Waals surface area contributed by atoms with Crippen LogP contribution in [0, 0.1) is 0 Å². The maximum Gasteiger partial charge on any atom is 0.107 e. The number of thiazole rings is 1. The van der Waals surface area contributed by atoms with Gasteiger partial charge >= 0.3 is 0 Å². The average Bonchev–Trinajstić information content (AvgIpc) is 2.83. The zero-order chi connectivity index (χ0) is 14.1. The minimum absolute atomic E-state index is 0.156. The number of hydrogen-bond acceptors (Lipinski definition) is 4. The lowest BCUT2D eigenvalue weighted by Gasteiger charge is -2.30. The summed E-state index contributed by atoms with van der Waals surface area (Å²) in [6, 6.07) is 0. The Morgan fingerprint density at radius 3 is 2.74 bits per heavy atom. The molecule has 0 aliphatic carbocycles. The Balaban J connectivity index is 1.91. The lowest BCUT2D eigenvalue weighted by atomic mass is 10.0. The maximum atomic E-state index is 4.76. The summed E-state index contributed by atoms with van der Waals surface area (Å²) in [6.07, 6.45) is 2.62. The summed E-state index contributed by atoms with van der Waals surface area (Å²) in [4.78, 5) is 7.32. The van der Waals surface area contributed by atoms with E-state index in [4.69, 9.17) is 4.98 Å². The molecule has 4 heteroatoms. The normalized spacial score (nSPS) is 20.1. The molecule has 1 aliphatic heterocycles. The highest BCUT2D eigenvalue weighted by molar-refractivity contribution is 7.09. The van der Waals surface area contributed by atoms with Crippen LogP contribution < -0.4 is 5.32 Å². The summed E-state index contributed by atoms with van der Waals surface area (Å²) >= 11 is 1.77. The molecule has 0 radical (unpaired) electrons. The molecule has 0 atom stereocenters. The Morgan fingerprint density at radius 2 is 2.16 bits per heavy atom. The Labute approximate surface area is 121 Å². The number of nitrogens with zero attached hydrogens (tertiary/aromatic N) is 2. The summed E-state index contributed by atoms with van der Waals surface area (Å²) in [5.41, 5.74) is 1.72. The van der Waals surface area contributed by atoms with Crippen molar-refractivity contribution in [1.82, 2.24) is 15.2 Å². The molecule has 1 aromatic heterocycles. The predicted octanol–water partition coefficient (Wildman–Crippen LogP) is 3.41. The van der Waals surface area contributed by atoms with Crippen LogP contribution in [-0.4, -0.2) is 27.5 Å². The first-order valence-electron chi connectivity index (χ1n) is 7.20. The lowest BCUT2D eigenvalue weighted by molar-refractivity contribution is 0.165. The van der Waals surface area contributed by atoms with E-state index in [0.29, 0.717) is 5.54 Å². The molecule has 0 aromatic carbocycles. The van der Waals surface area contributed by atoms with Gasteiger partial charge in [0, 0.05) is 29.5 Å². The van der Waals surface area contributed by atoms with Crippen LogP contribution in [0.15, 0.2) is 5.38 Å². The minimum atomic E-state index is 0.156. The van der Waals surface area contributed by atoms with Crippen molar-refractivity contribution in [3.8, 4) is 0 Å². The van der Waals surface area contributed by atoms with E-state index >= 15 is 0 Å². The third-order valence-corrected chi connectivity index (χ3v) is 4.69. The third-order valence-electron chi connectivity index (χ3n) is 3.79. The Kier molecular flexibility index (Phi) is 4.33. The van der Waals surface area contributed by atoms with Crippen LogP contribution in [0.4, 0.5) is 0 Å². The maximum absolute atomic E-state index is 4.76. The Morgan fingerprint density at radius 1 is 1.42 bits per heavy atom.